The average molecular weight is 738 g/mol. The van der Waals surface area contributed by atoms with Crippen LogP contribution in [0.25, 0.3) is 22.3 Å². The maximum atomic E-state index is 14.3. The number of nitrogens with zero attached hydrogens (tertiary/aromatic N) is 3. The zero-order chi connectivity index (χ0) is 36.9. The second kappa shape index (κ2) is 13.7. The minimum absolute atomic E-state index is 0.00404. The maximum Gasteiger partial charge on any atom is 0.259 e. The van der Waals surface area contributed by atoms with Gasteiger partial charge in [0.2, 0.25) is 27.7 Å². The van der Waals surface area contributed by atoms with E-state index in [1.807, 2.05) is 12.2 Å². The lowest BCUT2D eigenvalue weighted by Gasteiger charge is -2.26. The van der Waals surface area contributed by atoms with E-state index < -0.39 is 68.1 Å². The molecule has 5 atom stereocenters. The lowest BCUT2D eigenvalue weighted by Crippen LogP contribution is -2.54. The number of aromatic nitrogens is 2. The highest BCUT2D eigenvalue weighted by Gasteiger charge is 2.62. The molecule has 3 saturated carbocycles. The Hall–Kier alpha value is -4.66. The Kier molecular flexibility index (Phi) is 9.42. The fourth-order valence-electron chi connectivity index (χ4n) is 7.46. The number of hydrogen-bond donors (Lipinski definition) is 2. The first-order valence-corrected chi connectivity index (χ1v) is 19.1. The van der Waals surface area contributed by atoms with E-state index in [1.165, 1.54) is 7.11 Å². The summed E-state index contributed by atoms with van der Waals surface area (Å²) in [5.41, 5.74) is -0.313. The highest BCUT2D eigenvalue weighted by Crippen LogP contribution is 2.47. The number of amides is 3. The predicted octanol–water partition coefficient (Wildman–Crippen LogP) is 4.35. The molecule has 0 spiro atoms. The van der Waals surface area contributed by atoms with Crippen LogP contribution in [0.5, 0.6) is 11.6 Å². The van der Waals surface area contributed by atoms with E-state index in [4.69, 9.17) is 9.47 Å². The van der Waals surface area contributed by atoms with Crippen LogP contribution in [0.15, 0.2) is 42.5 Å². The van der Waals surface area contributed by atoms with Gasteiger partial charge in [-0.2, -0.15) is 4.98 Å². The Bertz CT molecular complexity index is 2070. The average Bonchev–Trinajstić information content (AvgIpc) is 4.02. The normalized spacial score (nSPS) is 27.2. The molecule has 3 aromatic rings. The van der Waals surface area contributed by atoms with Gasteiger partial charge in [0, 0.05) is 36.7 Å². The Morgan fingerprint density at radius 3 is 2.50 bits per heavy atom. The number of fused-ring (bicyclic) bond motifs is 3. The van der Waals surface area contributed by atoms with Gasteiger partial charge in [0.15, 0.2) is 5.82 Å². The Labute approximate surface area is 300 Å². The zero-order valence-corrected chi connectivity index (χ0v) is 30.0. The van der Waals surface area contributed by atoms with E-state index >= 15 is 0 Å². The molecule has 7 rings (SSSR count). The molecular weight excluding hydrogens is 696 g/mol. The molecule has 0 bridgehead atoms. The van der Waals surface area contributed by atoms with Gasteiger partial charge in [-0.15, -0.1) is 0 Å². The second-order valence-corrected chi connectivity index (χ2v) is 16.3. The van der Waals surface area contributed by atoms with E-state index in [-0.39, 0.29) is 42.4 Å². The number of carbonyl (C=O) groups excluding carboxylic acids is 3. The fourth-order valence-corrected chi connectivity index (χ4v) is 8.82. The topological polar surface area (TPSA) is 157 Å². The van der Waals surface area contributed by atoms with Crippen LogP contribution in [0.1, 0.15) is 56.9 Å². The van der Waals surface area contributed by atoms with E-state index in [2.05, 4.69) is 20.0 Å². The van der Waals surface area contributed by atoms with Crippen LogP contribution < -0.4 is 19.5 Å². The molecule has 15 heteroatoms. The molecule has 1 aromatic heterocycles. The standard InChI is InChI=1S/C37H41F2N5O7S/c1-20-30(50-3)12-11-27-31(20)40-32(21-14-23(38)16-24(39)15-21)41-34(27)51-25-17-28-29(18-25)35(46)44(2)13-7-5-4-6-8-22-19-37(22,42-33(28)45)36(47)43-52(48,49)26-9-10-26/h6,8,11-12,14-16,22,25-26,28-29H,4-5,7,9-10,13,17-19H2,1-3H3,(H,42,45)(H,43,47)/b8-6-. The van der Waals surface area contributed by atoms with Gasteiger partial charge in [0.05, 0.1) is 35.1 Å². The monoisotopic (exact) mass is 737 g/mol. The first-order chi connectivity index (χ1) is 24.8. The Morgan fingerprint density at radius 2 is 1.79 bits per heavy atom. The summed E-state index contributed by atoms with van der Waals surface area (Å²) in [7, 11) is -0.667. The van der Waals surface area contributed by atoms with Crippen LogP contribution in [0.3, 0.4) is 0 Å². The highest BCUT2D eigenvalue weighted by molar-refractivity contribution is 7.91. The summed E-state index contributed by atoms with van der Waals surface area (Å²) in [6, 6.07) is 6.41. The van der Waals surface area contributed by atoms with Gasteiger partial charge >= 0.3 is 0 Å². The molecule has 1 aliphatic heterocycles. The first kappa shape index (κ1) is 35.7. The number of hydrogen-bond acceptors (Lipinski definition) is 9. The molecule has 276 valence electrons. The van der Waals surface area contributed by atoms with Gasteiger partial charge in [0.25, 0.3) is 5.91 Å². The van der Waals surface area contributed by atoms with Crippen molar-refractivity contribution in [2.24, 2.45) is 17.8 Å². The van der Waals surface area contributed by atoms with Crippen LogP contribution in [0.4, 0.5) is 8.78 Å². The van der Waals surface area contributed by atoms with Gasteiger partial charge < -0.3 is 19.7 Å². The third kappa shape index (κ3) is 6.94. The molecule has 12 nitrogen and oxygen atoms in total. The molecule has 2 aromatic carbocycles. The molecule has 4 aliphatic rings. The van der Waals surface area contributed by atoms with Crippen molar-refractivity contribution in [3.05, 3.63) is 59.7 Å². The minimum atomic E-state index is -3.87. The van der Waals surface area contributed by atoms with Crippen LogP contribution in [-0.4, -0.2) is 78.6 Å². The second-order valence-electron chi connectivity index (χ2n) is 14.4. The number of allylic oxidation sites excluding steroid dienone is 1. The molecule has 3 aliphatic carbocycles. The third-order valence-electron chi connectivity index (χ3n) is 10.7. The van der Waals surface area contributed by atoms with Crippen molar-refractivity contribution in [1.29, 1.82) is 0 Å². The van der Waals surface area contributed by atoms with Gasteiger partial charge in [0.1, 0.15) is 29.0 Å². The first-order valence-electron chi connectivity index (χ1n) is 17.6. The van der Waals surface area contributed by atoms with Crippen molar-refractivity contribution < 1.29 is 41.1 Å². The van der Waals surface area contributed by atoms with E-state index in [9.17, 15) is 31.6 Å². The molecule has 0 radical (unpaired) electrons. The van der Waals surface area contributed by atoms with Gasteiger partial charge in [-0.1, -0.05) is 12.2 Å². The minimum Gasteiger partial charge on any atom is -0.496 e. The number of carbonyl (C=O) groups is 3. The van der Waals surface area contributed by atoms with Gasteiger partial charge in [-0.3, -0.25) is 19.1 Å². The zero-order valence-electron chi connectivity index (χ0n) is 29.2. The quantitative estimate of drug-likeness (QED) is 0.337. The summed E-state index contributed by atoms with van der Waals surface area (Å²) in [6.45, 7) is 2.27. The van der Waals surface area contributed by atoms with Crippen molar-refractivity contribution in [3.8, 4) is 23.0 Å². The smallest absolute Gasteiger partial charge is 0.259 e. The summed E-state index contributed by atoms with van der Waals surface area (Å²) in [5, 5.41) is 2.75. The predicted molar refractivity (Wildman–Crippen MR) is 187 cm³/mol. The molecule has 2 heterocycles. The highest BCUT2D eigenvalue weighted by atomic mass is 32.2. The third-order valence-corrected chi connectivity index (χ3v) is 12.5. The lowest BCUT2D eigenvalue weighted by atomic mass is 9.93. The number of halogens is 2. The molecule has 0 saturated heterocycles. The van der Waals surface area contributed by atoms with Crippen LogP contribution in [0.2, 0.25) is 0 Å². The van der Waals surface area contributed by atoms with Crippen LogP contribution >= 0.6 is 0 Å². The van der Waals surface area contributed by atoms with Gasteiger partial charge in [-0.05, 0) is 82.6 Å². The van der Waals surface area contributed by atoms with E-state index in [0.29, 0.717) is 48.0 Å². The lowest BCUT2D eigenvalue weighted by molar-refractivity contribution is -0.140. The fraction of sp³-hybridized carbons (Fsp3) is 0.486. The molecule has 52 heavy (non-hydrogen) atoms. The number of aryl methyl sites for hydroxylation is 1. The Morgan fingerprint density at radius 1 is 1.06 bits per heavy atom. The van der Waals surface area contributed by atoms with Crippen molar-refractivity contribution in [2.45, 2.75) is 75.2 Å². The van der Waals surface area contributed by atoms with Crippen molar-refractivity contribution in [3.63, 3.8) is 0 Å². The number of methoxy groups -OCH3 is 1. The van der Waals surface area contributed by atoms with Crippen molar-refractivity contribution >= 4 is 38.6 Å². The SMILES string of the molecule is COc1ccc2c(OC3CC4C(=O)NC5(C(=O)NS(=O)(=O)C6CC6)CC5/C=C\CCCCN(C)C(=O)C4C3)nc(-c3cc(F)cc(F)c3)nc2c1C. The van der Waals surface area contributed by atoms with E-state index in [0.717, 1.165) is 31.0 Å². The summed E-state index contributed by atoms with van der Waals surface area (Å²) >= 11 is 0. The van der Waals surface area contributed by atoms with Crippen molar-refractivity contribution in [2.75, 3.05) is 20.7 Å². The number of nitrogens with one attached hydrogen (secondary N) is 2. The molecular formula is C37H41F2N5O7S. The number of rotatable bonds is 7. The number of benzene rings is 2. The number of sulfonamides is 1. The van der Waals surface area contributed by atoms with Crippen LogP contribution in [-0.2, 0) is 24.4 Å². The molecule has 3 fully saturated rings. The van der Waals surface area contributed by atoms with Crippen LogP contribution in [0, 0.1) is 36.3 Å². The summed E-state index contributed by atoms with van der Waals surface area (Å²) in [4.78, 5) is 52.6. The summed E-state index contributed by atoms with van der Waals surface area (Å²) in [5.74, 6) is -4.68. The number of ether oxygens (including phenoxy) is 2. The molecule has 3 amide bonds. The largest absolute Gasteiger partial charge is 0.496 e. The maximum absolute atomic E-state index is 14.3. The molecule has 2 N–H and O–H groups in total. The molecule has 5 unspecified atom stereocenters. The van der Waals surface area contributed by atoms with Crippen molar-refractivity contribution in [1.82, 2.24) is 24.9 Å². The summed E-state index contributed by atoms with van der Waals surface area (Å²) < 4.78 is 68.3. The Balaban J connectivity index is 1.22. The van der Waals surface area contributed by atoms with Gasteiger partial charge in [-0.25, -0.2) is 22.2 Å². The van der Waals surface area contributed by atoms with E-state index in [1.54, 1.807) is 31.0 Å². The summed E-state index contributed by atoms with van der Waals surface area (Å²) in [6.07, 6.45) is 6.72.